The molecule has 0 fully saturated rings. The predicted octanol–water partition coefficient (Wildman–Crippen LogP) is -0.642. The molecule has 0 aliphatic carbocycles. The highest BCUT2D eigenvalue weighted by atomic mass is 32.2. The van der Waals surface area contributed by atoms with Gasteiger partial charge in [-0.05, 0) is 63.1 Å². The highest BCUT2D eigenvalue weighted by Crippen LogP contribution is 2.07. The van der Waals surface area contributed by atoms with Crippen molar-refractivity contribution >= 4 is 35.5 Å². The second-order valence-corrected chi connectivity index (χ2v) is 9.54. The largest absolute Gasteiger partial charge is 0.480 e. The van der Waals surface area contributed by atoms with Gasteiger partial charge in [0.2, 0.25) is 17.7 Å². The van der Waals surface area contributed by atoms with Gasteiger partial charge < -0.3 is 37.6 Å². The van der Waals surface area contributed by atoms with Crippen LogP contribution in [0.25, 0.3) is 0 Å². The van der Waals surface area contributed by atoms with E-state index in [4.69, 9.17) is 11.5 Å². The molecule has 0 aliphatic rings. The molecular weight excluding hydrogens is 486 g/mol. The smallest absolute Gasteiger partial charge is 0.326 e. The van der Waals surface area contributed by atoms with Crippen molar-refractivity contribution in [2.75, 3.05) is 18.6 Å². The summed E-state index contributed by atoms with van der Waals surface area (Å²) < 4.78 is 0. The molecule has 0 heterocycles. The Labute approximate surface area is 216 Å². The Bertz CT molecular complexity index is 842. The van der Waals surface area contributed by atoms with Crippen LogP contribution in [-0.4, -0.2) is 82.7 Å². The Balaban J connectivity index is 2.90. The molecule has 0 aromatic heterocycles. The Morgan fingerprint density at radius 1 is 0.944 bits per heavy atom. The standard InChI is InChI=1S/C24H39N5O6S/c1-15(30)20(29-21(31)17(26)14-16-8-4-3-5-9-16)23(33)27-18(10-6-7-12-25)22(32)28-19(24(34)35)11-13-36-2/h3-5,8-9,15,17-20,30H,6-7,10-14,25-26H2,1-2H3,(H,27,33)(H,28,32)(H,29,31)(H,34,35). The first-order valence-corrected chi connectivity index (χ1v) is 13.3. The molecule has 3 amide bonds. The maximum atomic E-state index is 13.0. The van der Waals surface area contributed by atoms with Crippen LogP contribution >= 0.6 is 11.8 Å². The molecule has 36 heavy (non-hydrogen) atoms. The zero-order chi connectivity index (χ0) is 27.1. The van der Waals surface area contributed by atoms with Crippen LogP contribution in [0.15, 0.2) is 30.3 Å². The maximum absolute atomic E-state index is 13.0. The second-order valence-electron chi connectivity index (χ2n) is 8.55. The van der Waals surface area contributed by atoms with Gasteiger partial charge >= 0.3 is 5.97 Å². The predicted molar refractivity (Wildman–Crippen MR) is 139 cm³/mol. The van der Waals surface area contributed by atoms with Gasteiger partial charge in [0, 0.05) is 0 Å². The molecule has 0 saturated carbocycles. The Hall–Kier alpha value is -2.67. The molecule has 5 unspecified atom stereocenters. The summed E-state index contributed by atoms with van der Waals surface area (Å²) in [7, 11) is 0. The Morgan fingerprint density at radius 3 is 2.14 bits per heavy atom. The van der Waals surface area contributed by atoms with Crippen LogP contribution in [0.1, 0.15) is 38.2 Å². The van der Waals surface area contributed by atoms with E-state index in [1.807, 2.05) is 36.6 Å². The number of carbonyl (C=O) groups is 4. The summed E-state index contributed by atoms with van der Waals surface area (Å²) in [4.78, 5) is 50.0. The maximum Gasteiger partial charge on any atom is 0.326 e. The van der Waals surface area contributed by atoms with E-state index in [9.17, 15) is 29.4 Å². The summed E-state index contributed by atoms with van der Waals surface area (Å²) in [5.41, 5.74) is 12.4. The third kappa shape index (κ3) is 11.4. The summed E-state index contributed by atoms with van der Waals surface area (Å²) in [6, 6.07) is 4.60. The molecule has 5 atom stereocenters. The fourth-order valence-electron chi connectivity index (χ4n) is 3.41. The lowest BCUT2D eigenvalue weighted by molar-refractivity contribution is -0.142. The van der Waals surface area contributed by atoms with E-state index in [1.54, 1.807) is 0 Å². The van der Waals surface area contributed by atoms with E-state index in [0.717, 1.165) is 5.56 Å². The first-order valence-electron chi connectivity index (χ1n) is 11.9. The first kappa shape index (κ1) is 31.4. The van der Waals surface area contributed by atoms with Crippen molar-refractivity contribution in [3.63, 3.8) is 0 Å². The zero-order valence-corrected chi connectivity index (χ0v) is 21.6. The lowest BCUT2D eigenvalue weighted by Gasteiger charge is -2.26. The van der Waals surface area contributed by atoms with Crippen molar-refractivity contribution in [2.45, 2.75) is 69.3 Å². The Kier molecular flexibility index (Phi) is 14.7. The molecule has 0 saturated heterocycles. The monoisotopic (exact) mass is 525 g/mol. The lowest BCUT2D eigenvalue weighted by Crippen LogP contribution is -2.60. The van der Waals surface area contributed by atoms with E-state index in [-0.39, 0.29) is 19.3 Å². The van der Waals surface area contributed by atoms with Crippen LogP contribution in [0.2, 0.25) is 0 Å². The average Bonchev–Trinajstić information content (AvgIpc) is 2.84. The van der Waals surface area contributed by atoms with Crippen molar-refractivity contribution in [1.82, 2.24) is 16.0 Å². The second kappa shape index (κ2) is 16.9. The van der Waals surface area contributed by atoms with Gasteiger partial charge in [-0.25, -0.2) is 4.79 Å². The van der Waals surface area contributed by atoms with Crippen LogP contribution in [0.4, 0.5) is 0 Å². The van der Waals surface area contributed by atoms with Gasteiger partial charge in [-0.15, -0.1) is 0 Å². The minimum Gasteiger partial charge on any atom is -0.480 e. The van der Waals surface area contributed by atoms with E-state index in [0.29, 0.717) is 25.1 Å². The lowest BCUT2D eigenvalue weighted by atomic mass is 10.0. The van der Waals surface area contributed by atoms with Crippen molar-refractivity contribution in [1.29, 1.82) is 0 Å². The Morgan fingerprint density at radius 2 is 1.58 bits per heavy atom. The molecule has 1 aromatic carbocycles. The molecule has 12 heteroatoms. The number of aliphatic carboxylic acids is 1. The van der Waals surface area contributed by atoms with Gasteiger partial charge in [0.15, 0.2) is 0 Å². The number of hydrogen-bond donors (Lipinski definition) is 7. The number of carboxylic acids is 1. The molecule has 0 aliphatic heterocycles. The van der Waals surface area contributed by atoms with Gasteiger partial charge in [0.05, 0.1) is 12.1 Å². The minimum absolute atomic E-state index is 0.206. The number of unbranched alkanes of at least 4 members (excludes halogenated alkanes) is 1. The van der Waals surface area contributed by atoms with Crippen LogP contribution in [0.5, 0.6) is 0 Å². The topological polar surface area (TPSA) is 197 Å². The average molecular weight is 526 g/mol. The number of hydrogen-bond acceptors (Lipinski definition) is 8. The number of nitrogens with two attached hydrogens (primary N) is 2. The summed E-state index contributed by atoms with van der Waals surface area (Å²) >= 11 is 1.45. The molecule has 1 aromatic rings. The molecular formula is C24H39N5O6S. The normalized spacial score (nSPS) is 15.1. The fraction of sp³-hybridized carbons (Fsp3) is 0.583. The van der Waals surface area contributed by atoms with Crippen LogP contribution in [0, 0.1) is 0 Å². The highest BCUT2D eigenvalue weighted by Gasteiger charge is 2.32. The van der Waals surface area contributed by atoms with E-state index in [2.05, 4.69) is 16.0 Å². The first-order chi connectivity index (χ1) is 17.1. The van der Waals surface area contributed by atoms with Crippen LogP contribution in [-0.2, 0) is 25.6 Å². The summed E-state index contributed by atoms with van der Waals surface area (Å²) in [5, 5.41) is 27.1. The molecule has 1 rings (SSSR count). The minimum atomic E-state index is -1.36. The number of carbonyl (C=O) groups excluding carboxylic acids is 3. The molecule has 11 nitrogen and oxygen atoms in total. The molecule has 0 bridgehead atoms. The number of benzene rings is 1. The number of rotatable bonds is 17. The summed E-state index contributed by atoms with van der Waals surface area (Å²) in [6.45, 7) is 1.72. The number of carboxylic acid groups (broad SMARTS) is 1. The highest BCUT2D eigenvalue weighted by molar-refractivity contribution is 7.98. The van der Waals surface area contributed by atoms with Gasteiger partial charge in [0.25, 0.3) is 0 Å². The van der Waals surface area contributed by atoms with Gasteiger partial charge in [0.1, 0.15) is 18.1 Å². The van der Waals surface area contributed by atoms with Gasteiger partial charge in [-0.2, -0.15) is 11.8 Å². The number of aliphatic hydroxyl groups excluding tert-OH is 1. The van der Waals surface area contributed by atoms with E-state index in [1.165, 1.54) is 18.7 Å². The number of amides is 3. The third-order valence-corrected chi connectivity index (χ3v) is 6.15. The molecule has 0 radical (unpaired) electrons. The van der Waals surface area contributed by atoms with Crippen molar-refractivity contribution in [2.24, 2.45) is 11.5 Å². The molecule has 0 spiro atoms. The molecule has 9 N–H and O–H groups in total. The fourth-order valence-corrected chi connectivity index (χ4v) is 3.89. The van der Waals surface area contributed by atoms with Crippen molar-refractivity contribution in [3.8, 4) is 0 Å². The quantitative estimate of drug-likeness (QED) is 0.129. The summed E-state index contributed by atoms with van der Waals surface area (Å²) in [6.07, 6.45) is 2.31. The van der Waals surface area contributed by atoms with E-state index < -0.39 is 54.0 Å². The number of aliphatic hydroxyl groups is 1. The van der Waals surface area contributed by atoms with Crippen molar-refractivity contribution < 1.29 is 29.4 Å². The van der Waals surface area contributed by atoms with E-state index >= 15 is 0 Å². The number of nitrogens with one attached hydrogen (secondary N) is 3. The van der Waals surface area contributed by atoms with Crippen molar-refractivity contribution in [3.05, 3.63) is 35.9 Å². The molecule has 202 valence electrons. The van der Waals surface area contributed by atoms with Gasteiger partial charge in [-0.1, -0.05) is 30.3 Å². The SMILES string of the molecule is CSCCC(NC(=O)C(CCCCN)NC(=O)C(NC(=O)C(N)Cc1ccccc1)C(C)O)C(=O)O. The van der Waals surface area contributed by atoms with Gasteiger partial charge in [-0.3, -0.25) is 14.4 Å². The van der Waals surface area contributed by atoms with Crippen LogP contribution in [0.3, 0.4) is 0 Å². The third-order valence-electron chi connectivity index (χ3n) is 5.50. The van der Waals surface area contributed by atoms with Crippen LogP contribution < -0.4 is 27.4 Å². The zero-order valence-electron chi connectivity index (χ0n) is 20.8. The number of thioether (sulfide) groups is 1. The summed E-state index contributed by atoms with van der Waals surface area (Å²) in [5.74, 6) is -2.72.